The smallest absolute Gasteiger partial charge is 0.255 e. The van der Waals surface area contributed by atoms with Gasteiger partial charge < -0.3 is 9.64 Å². The topological polar surface area (TPSA) is 58.6 Å². The molecule has 6 heteroatoms. The van der Waals surface area contributed by atoms with Crippen LogP contribution in [0.3, 0.4) is 0 Å². The van der Waals surface area contributed by atoms with E-state index in [2.05, 4.69) is 9.62 Å². The van der Waals surface area contributed by atoms with Crippen LogP contribution in [-0.4, -0.2) is 34.7 Å². The number of anilines is 2. The van der Waals surface area contributed by atoms with Crippen LogP contribution in [0, 0.1) is 0 Å². The Hall–Kier alpha value is -2.31. The minimum absolute atomic E-state index is 0.265. The third-order valence-electron chi connectivity index (χ3n) is 4.21. The van der Waals surface area contributed by atoms with Crippen molar-refractivity contribution in [3.8, 4) is 0 Å². The van der Waals surface area contributed by atoms with Crippen molar-refractivity contribution in [1.82, 2.24) is 0 Å². The van der Waals surface area contributed by atoms with Crippen LogP contribution in [0.5, 0.6) is 0 Å². The van der Waals surface area contributed by atoms with Gasteiger partial charge in [-0.05, 0) is 42.3 Å². The molecule has 2 aromatic rings. The second kappa shape index (κ2) is 7.72. The number of hydrogen-bond donors (Lipinski definition) is 1. The van der Waals surface area contributed by atoms with Gasteiger partial charge in [0.25, 0.3) is 10.0 Å². The predicted octanol–water partition coefficient (Wildman–Crippen LogP) is 3.32. The molecule has 1 atom stereocenters. The lowest BCUT2D eigenvalue weighted by Crippen LogP contribution is -2.22. The highest BCUT2D eigenvalue weighted by molar-refractivity contribution is 7.95. The first-order valence-corrected chi connectivity index (χ1v) is 9.74. The van der Waals surface area contributed by atoms with E-state index in [1.165, 1.54) is 5.41 Å². The van der Waals surface area contributed by atoms with Gasteiger partial charge in [0.2, 0.25) is 0 Å². The van der Waals surface area contributed by atoms with Gasteiger partial charge in [0.1, 0.15) is 0 Å². The van der Waals surface area contributed by atoms with Crippen LogP contribution in [0.15, 0.2) is 60.0 Å². The first kappa shape index (κ1) is 17.5. The summed E-state index contributed by atoms with van der Waals surface area (Å²) in [6, 6.07) is 16.7. The summed E-state index contributed by atoms with van der Waals surface area (Å²) in [7, 11) is -1.81. The number of rotatable bonds is 6. The number of nitrogens with one attached hydrogen (secondary N) is 1. The van der Waals surface area contributed by atoms with Gasteiger partial charge in [-0.15, -0.1) is 0 Å². The van der Waals surface area contributed by atoms with Gasteiger partial charge in [-0.3, -0.25) is 4.72 Å². The van der Waals surface area contributed by atoms with Crippen LogP contribution in [0.2, 0.25) is 0 Å². The van der Waals surface area contributed by atoms with Gasteiger partial charge in [-0.1, -0.05) is 30.3 Å². The van der Waals surface area contributed by atoms with Crippen molar-refractivity contribution in [1.29, 1.82) is 0 Å². The molecule has 1 heterocycles. The second-order valence-electron chi connectivity index (χ2n) is 6.00. The number of nitrogens with zero attached hydrogens (tertiary/aromatic N) is 1. The molecular weight excluding hydrogens is 336 g/mol. The lowest BCUT2D eigenvalue weighted by Gasteiger charge is -2.18. The lowest BCUT2D eigenvalue weighted by atomic mass is 10.2. The fourth-order valence-electron chi connectivity index (χ4n) is 2.83. The van der Waals surface area contributed by atoms with E-state index in [-0.39, 0.29) is 6.10 Å². The molecule has 0 aromatic heterocycles. The maximum atomic E-state index is 12.2. The minimum atomic E-state index is -3.54. The van der Waals surface area contributed by atoms with Crippen molar-refractivity contribution in [3.63, 3.8) is 0 Å². The molecule has 0 bridgehead atoms. The van der Waals surface area contributed by atoms with E-state index in [0.717, 1.165) is 30.8 Å². The highest BCUT2D eigenvalue weighted by atomic mass is 32.2. The maximum Gasteiger partial charge on any atom is 0.255 e. The van der Waals surface area contributed by atoms with Crippen LogP contribution < -0.4 is 9.62 Å². The fourth-order valence-corrected chi connectivity index (χ4v) is 3.69. The molecule has 0 aliphatic carbocycles. The molecule has 5 nitrogen and oxygen atoms in total. The fraction of sp³-hybridized carbons (Fsp3) is 0.263. The molecule has 0 spiro atoms. The highest BCUT2D eigenvalue weighted by Crippen LogP contribution is 2.23. The molecule has 1 aliphatic rings. The summed E-state index contributed by atoms with van der Waals surface area (Å²) in [6.45, 7) is 1.81. The summed E-state index contributed by atoms with van der Waals surface area (Å²) in [5.74, 6) is 0. The predicted molar refractivity (Wildman–Crippen MR) is 102 cm³/mol. The molecular formula is C19H22N2O3S. The van der Waals surface area contributed by atoms with Crippen LogP contribution in [0.25, 0.3) is 6.08 Å². The summed E-state index contributed by atoms with van der Waals surface area (Å²) in [5.41, 5.74) is 2.45. The largest absolute Gasteiger partial charge is 0.380 e. The van der Waals surface area contributed by atoms with Gasteiger partial charge in [0.05, 0.1) is 11.5 Å². The Balaban J connectivity index is 1.63. The van der Waals surface area contributed by atoms with Crippen molar-refractivity contribution in [3.05, 3.63) is 65.6 Å². The van der Waals surface area contributed by atoms with E-state index < -0.39 is 10.0 Å². The quantitative estimate of drug-likeness (QED) is 0.861. The molecule has 25 heavy (non-hydrogen) atoms. The van der Waals surface area contributed by atoms with E-state index in [0.29, 0.717) is 5.69 Å². The molecule has 0 radical (unpaired) electrons. The number of benzene rings is 2. The van der Waals surface area contributed by atoms with E-state index >= 15 is 0 Å². The summed E-state index contributed by atoms with van der Waals surface area (Å²) in [5, 5.41) is 1.18. The van der Waals surface area contributed by atoms with Crippen molar-refractivity contribution >= 4 is 27.5 Å². The lowest BCUT2D eigenvalue weighted by molar-refractivity contribution is 0.121. The van der Waals surface area contributed by atoms with E-state index in [9.17, 15) is 8.42 Å². The summed E-state index contributed by atoms with van der Waals surface area (Å²) in [4.78, 5) is 2.24. The monoisotopic (exact) mass is 358 g/mol. The molecule has 1 saturated heterocycles. The first-order chi connectivity index (χ1) is 12.1. The minimum Gasteiger partial charge on any atom is -0.380 e. The summed E-state index contributed by atoms with van der Waals surface area (Å²) >= 11 is 0. The van der Waals surface area contributed by atoms with Crippen LogP contribution in [0.4, 0.5) is 11.4 Å². The third-order valence-corrected chi connectivity index (χ3v) is 5.22. The standard InChI is InChI=1S/C19H22N2O3S/c1-24-19-11-13-21(15-19)18-9-7-17(8-10-18)20-25(22,23)14-12-16-5-3-2-4-6-16/h2-10,12,14,19-20H,11,13,15H2,1H3/b14-12+. The zero-order chi connectivity index (χ0) is 17.7. The zero-order valence-corrected chi connectivity index (χ0v) is 14.9. The first-order valence-electron chi connectivity index (χ1n) is 8.19. The number of sulfonamides is 1. The summed E-state index contributed by atoms with van der Waals surface area (Å²) < 4.78 is 32.3. The Morgan fingerprint density at radius 2 is 1.84 bits per heavy atom. The number of ether oxygens (including phenoxy) is 1. The Morgan fingerprint density at radius 1 is 1.12 bits per heavy atom. The van der Waals surface area contributed by atoms with Crippen molar-refractivity contribution < 1.29 is 13.2 Å². The van der Waals surface area contributed by atoms with Crippen molar-refractivity contribution in [2.24, 2.45) is 0 Å². The van der Waals surface area contributed by atoms with Crippen molar-refractivity contribution in [2.45, 2.75) is 12.5 Å². The SMILES string of the molecule is COC1CCN(c2ccc(NS(=O)(=O)/C=C/c3ccccc3)cc2)C1. The Morgan fingerprint density at radius 3 is 2.48 bits per heavy atom. The second-order valence-corrected chi connectivity index (χ2v) is 7.57. The zero-order valence-electron chi connectivity index (χ0n) is 14.1. The van der Waals surface area contributed by atoms with E-state index in [4.69, 9.17) is 4.74 Å². The average Bonchev–Trinajstić information content (AvgIpc) is 3.11. The van der Waals surface area contributed by atoms with Crippen molar-refractivity contribution in [2.75, 3.05) is 29.8 Å². The molecule has 1 N–H and O–H groups in total. The number of methoxy groups -OCH3 is 1. The van der Waals surface area contributed by atoms with Gasteiger partial charge in [-0.2, -0.15) is 0 Å². The van der Waals surface area contributed by atoms with Crippen LogP contribution in [-0.2, 0) is 14.8 Å². The van der Waals surface area contributed by atoms with E-state index in [1.54, 1.807) is 25.3 Å². The third kappa shape index (κ3) is 4.84. The highest BCUT2D eigenvalue weighted by Gasteiger charge is 2.22. The van der Waals surface area contributed by atoms with Gasteiger partial charge in [-0.25, -0.2) is 8.42 Å². The summed E-state index contributed by atoms with van der Waals surface area (Å²) in [6.07, 6.45) is 2.85. The molecule has 1 unspecified atom stereocenters. The van der Waals surface area contributed by atoms with Gasteiger partial charge >= 0.3 is 0 Å². The molecule has 1 fully saturated rings. The number of hydrogen-bond acceptors (Lipinski definition) is 4. The van der Waals surface area contributed by atoms with Crippen LogP contribution >= 0.6 is 0 Å². The van der Waals surface area contributed by atoms with Crippen LogP contribution in [0.1, 0.15) is 12.0 Å². The Kier molecular flexibility index (Phi) is 5.40. The Bertz CT molecular complexity index is 818. The molecule has 132 valence electrons. The Labute approximate surface area is 149 Å². The normalized spacial score (nSPS) is 18.0. The molecule has 2 aromatic carbocycles. The van der Waals surface area contributed by atoms with Gasteiger partial charge in [0, 0.05) is 31.6 Å². The average molecular weight is 358 g/mol. The maximum absolute atomic E-state index is 12.2. The van der Waals surface area contributed by atoms with Gasteiger partial charge in [0.15, 0.2) is 0 Å². The molecule has 0 amide bonds. The molecule has 1 aliphatic heterocycles. The molecule has 0 saturated carbocycles. The van der Waals surface area contributed by atoms with E-state index in [1.807, 2.05) is 42.5 Å². The molecule has 3 rings (SSSR count).